The van der Waals surface area contributed by atoms with Gasteiger partial charge < -0.3 is 23.9 Å². The molecule has 3 heterocycles. The van der Waals surface area contributed by atoms with Crippen LogP contribution in [0.25, 0.3) is 21.9 Å². The van der Waals surface area contributed by atoms with E-state index in [0.717, 1.165) is 39.1 Å². The predicted octanol–water partition coefficient (Wildman–Crippen LogP) is 8.18. The van der Waals surface area contributed by atoms with E-state index in [1.165, 1.54) is 0 Å². The summed E-state index contributed by atoms with van der Waals surface area (Å²) in [7, 11) is 2.00. The Labute approximate surface area is 247 Å². The topological polar surface area (TPSA) is 45.0 Å². The number of para-hydroxylation sites is 2. The van der Waals surface area contributed by atoms with Gasteiger partial charge in [0.25, 0.3) is 0 Å². The van der Waals surface area contributed by atoms with E-state index in [-0.39, 0.29) is 21.1 Å². The van der Waals surface area contributed by atoms with Gasteiger partial charge in [-0.15, -0.1) is 30.0 Å². The first kappa shape index (κ1) is 25.7. The minimum Gasteiger partial charge on any atom is -0.510 e. The van der Waals surface area contributed by atoms with Gasteiger partial charge in [-0.1, -0.05) is 65.3 Å². The fourth-order valence-electron chi connectivity index (χ4n) is 4.77. The van der Waals surface area contributed by atoms with Crippen molar-refractivity contribution >= 4 is 44.7 Å². The summed E-state index contributed by atoms with van der Waals surface area (Å²) in [4.78, 5) is 10.5. The molecule has 1 aliphatic heterocycles. The Hall–Kier alpha value is -4.54. The molecule has 7 heteroatoms. The number of benzene rings is 4. The van der Waals surface area contributed by atoms with Crippen LogP contribution in [0.2, 0.25) is 0 Å². The number of furan rings is 1. The largest absolute Gasteiger partial charge is 0.510 e. The molecule has 0 aliphatic carbocycles. The van der Waals surface area contributed by atoms with Crippen molar-refractivity contribution in [3.63, 3.8) is 0 Å². The molecule has 0 amide bonds. The number of aromatic nitrogens is 1. The second kappa shape index (κ2) is 10.9. The first-order valence-corrected chi connectivity index (χ1v) is 12.6. The first-order chi connectivity index (χ1) is 19.2. The molecule has 6 aromatic rings. The van der Waals surface area contributed by atoms with E-state index in [1.807, 2.05) is 115 Å². The fraction of sp³-hybridized carbons (Fsp3) is 0.0303. The molecule has 7 rings (SSSR count). The summed E-state index contributed by atoms with van der Waals surface area (Å²) >= 11 is 0. The molecule has 2 aromatic heterocycles. The number of anilines is 4. The van der Waals surface area contributed by atoms with Crippen molar-refractivity contribution in [3.8, 4) is 11.6 Å². The standard InChI is InChI=1S/C33H23N4O2.Pt/c1-35-18-19-36(23-35)25-12-9-13-26(20-25)37(24-10-3-2-4-11-24)29-21-27(38-32-16-7-8-17-34-32)22-31-33(29)28-14-5-6-15-30(28)39-31;/h2-19,22-23H,1H3;/q-3;. The van der Waals surface area contributed by atoms with Crippen LogP contribution in [0, 0.1) is 18.8 Å². The molecule has 0 bridgehead atoms. The number of hydrogen-bond donors (Lipinski definition) is 0. The van der Waals surface area contributed by atoms with Crippen molar-refractivity contribution in [2.45, 2.75) is 0 Å². The molecule has 6 nitrogen and oxygen atoms in total. The van der Waals surface area contributed by atoms with Crippen molar-refractivity contribution in [2.75, 3.05) is 16.8 Å². The van der Waals surface area contributed by atoms with E-state index in [2.05, 4.69) is 40.2 Å². The van der Waals surface area contributed by atoms with Crippen molar-refractivity contribution in [3.05, 3.63) is 134 Å². The number of fused-ring (bicyclic) bond motifs is 3. The van der Waals surface area contributed by atoms with Crippen molar-refractivity contribution in [2.24, 2.45) is 0 Å². The molecular weight excluding hydrogens is 679 g/mol. The number of rotatable bonds is 6. The molecule has 200 valence electrons. The maximum Gasteiger partial charge on any atom is 0.216 e. The molecule has 0 N–H and O–H groups in total. The summed E-state index contributed by atoms with van der Waals surface area (Å²) in [5, 5.41) is 1.94. The average Bonchev–Trinajstić information content (AvgIpc) is 3.58. The van der Waals surface area contributed by atoms with E-state index in [9.17, 15) is 0 Å². The molecule has 0 saturated carbocycles. The summed E-state index contributed by atoms with van der Waals surface area (Å²) in [6.45, 7) is 2.01. The van der Waals surface area contributed by atoms with E-state index in [0.29, 0.717) is 17.2 Å². The normalized spacial score (nSPS) is 12.6. The molecule has 0 spiro atoms. The molecule has 1 aliphatic rings. The third-order valence-corrected chi connectivity index (χ3v) is 6.51. The summed E-state index contributed by atoms with van der Waals surface area (Å²) in [6, 6.07) is 39.0. The van der Waals surface area contributed by atoms with Gasteiger partial charge >= 0.3 is 0 Å². The number of hydrogen-bond acceptors (Lipinski definition) is 6. The van der Waals surface area contributed by atoms with Crippen LogP contribution in [0.15, 0.2) is 120 Å². The average molecular weight is 703 g/mol. The van der Waals surface area contributed by atoms with Gasteiger partial charge in [0.2, 0.25) is 5.88 Å². The van der Waals surface area contributed by atoms with Gasteiger partial charge in [0.15, 0.2) is 0 Å². The van der Waals surface area contributed by atoms with Gasteiger partial charge in [-0.3, -0.25) is 0 Å². The van der Waals surface area contributed by atoms with Crippen LogP contribution in [0.4, 0.5) is 22.7 Å². The summed E-state index contributed by atoms with van der Waals surface area (Å²) in [6.07, 6.45) is 5.72. The van der Waals surface area contributed by atoms with Gasteiger partial charge in [0, 0.05) is 50.3 Å². The van der Waals surface area contributed by atoms with E-state index >= 15 is 0 Å². The van der Waals surface area contributed by atoms with E-state index in [1.54, 1.807) is 6.20 Å². The van der Waals surface area contributed by atoms with E-state index in [4.69, 9.17) is 9.15 Å². The number of ether oxygens (including phenoxy) is 1. The summed E-state index contributed by atoms with van der Waals surface area (Å²) in [5.74, 6) is 0.986. The summed E-state index contributed by atoms with van der Waals surface area (Å²) in [5.41, 5.74) is 5.02. The monoisotopic (exact) mass is 702 g/mol. The fourth-order valence-corrected chi connectivity index (χ4v) is 4.77. The van der Waals surface area contributed by atoms with Gasteiger partial charge in [0.1, 0.15) is 5.58 Å². The quantitative estimate of drug-likeness (QED) is 0.163. The van der Waals surface area contributed by atoms with Crippen LogP contribution in [-0.2, 0) is 21.1 Å². The zero-order chi connectivity index (χ0) is 26.2. The van der Waals surface area contributed by atoms with Crippen LogP contribution in [0.3, 0.4) is 0 Å². The van der Waals surface area contributed by atoms with Crippen molar-refractivity contribution < 1.29 is 30.2 Å². The van der Waals surface area contributed by atoms with Crippen molar-refractivity contribution in [1.29, 1.82) is 0 Å². The summed E-state index contributed by atoms with van der Waals surface area (Å²) < 4.78 is 12.5. The second-order valence-electron chi connectivity index (χ2n) is 9.17. The Morgan fingerprint density at radius 1 is 0.850 bits per heavy atom. The Morgan fingerprint density at radius 3 is 2.48 bits per heavy atom. The molecular formula is C33H23N4O2Pt-3. The van der Waals surface area contributed by atoms with Crippen molar-refractivity contribution in [1.82, 2.24) is 9.88 Å². The molecule has 0 fully saturated rings. The molecule has 0 unspecified atom stereocenters. The third-order valence-electron chi connectivity index (χ3n) is 6.51. The number of pyridine rings is 1. The second-order valence-corrected chi connectivity index (χ2v) is 9.17. The SMILES string of the molecule is CN1C=CN(c2[c-]c(N(c3ccccc3)c3[c-]c(Oc4ccccn4)cc4oc5ccccc5c34)ccc2)[CH-]1.[Pt]. The third kappa shape index (κ3) is 4.83. The minimum absolute atomic E-state index is 0. The minimum atomic E-state index is 0. The Kier molecular flexibility index (Phi) is 7.02. The zero-order valence-corrected chi connectivity index (χ0v) is 23.7. The Bertz CT molecular complexity index is 1800. The maximum atomic E-state index is 6.33. The van der Waals surface area contributed by atoms with Gasteiger partial charge in [-0.25, -0.2) is 4.98 Å². The zero-order valence-electron chi connectivity index (χ0n) is 21.5. The van der Waals surface area contributed by atoms with Crippen LogP contribution in [-0.4, -0.2) is 16.9 Å². The Morgan fingerprint density at radius 2 is 1.68 bits per heavy atom. The predicted molar refractivity (Wildman–Crippen MR) is 154 cm³/mol. The smallest absolute Gasteiger partial charge is 0.216 e. The Balaban J connectivity index is 0.00000289. The van der Waals surface area contributed by atoms with Crippen LogP contribution < -0.4 is 14.5 Å². The molecule has 0 radical (unpaired) electrons. The molecule has 4 aromatic carbocycles. The van der Waals surface area contributed by atoms with Gasteiger partial charge in [0.05, 0.1) is 0 Å². The van der Waals surface area contributed by atoms with E-state index < -0.39 is 0 Å². The van der Waals surface area contributed by atoms with Crippen LogP contribution in [0.1, 0.15) is 0 Å². The molecule has 40 heavy (non-hydrogen) atoms. The van der Waals surface area contributed by atoms with Crippen LogP contribution >= 0.6 is 0 Å². The van der Waals surface area contributed by atoms with Gasteiger partial charge in [-0.2, -0.15) is 12.7 Å². The first-order valence-electron chi connectivity index (χ1n) is 12.6. The van der Waals surface area contributed by atoms with Crippen LogP contribution in [0.5, 0.6) is 11.6 Å². The molecule has 0 atom stereocenters. The maximum absolute atomic E-state index is 6.33. The number of nitrogens with zero attached hydrogens (tertiary/aromatic N) is 4. The van der Waals surface area contributed by atoms with Gasteiger partial charge in [-0.05, 0) is 49.1 Å². The molecule has 0 saturated heterocycles.